The van der Waals surface area contributed by atoms with Gasteiger partial charge in [0.15, 0.2) is 0 Å². The summed E-state index contributed by atoms with van der Waals surface area (Å²) in [7, 11) is 8.23. The average molecular weight is 402 g/mol. The Balaban J connectivity index is 0.00000140. The maximum atomic E-state index is 4.90. The molecule has 4 aromatic rings. The molecule has 0 radical (unpaired) electrons. The van der Waals surface area contributed by atoms with Gasteiger partial charge < -0.3 is 22.2 Å². The molecule has 0 unspecified atom stereocenters. The molecule has 28 heavy (non-hydrogen) atoms. The van der Waals surface area contributed by atoms with Gasteiger partial charge in [-0.15, -0.1) is 0 Å². The van der Waals surface area contributed by atoms with Crippen LogP contribution in [-0.2, 0) is 0 Å². The van der Waals surface area contributed by atoms with Crippen LogP contribution in [0.15, 0.2) is 60.7 Å². The molecule has 6 heteroatoms. The molecule has 1 heterocycles. The number of nitrogens with zero attached hydrogens (tertiary/aromatic N) is 4. The van der Waals surface area contributed by atoms with Crippen LogP contribution in [0.1, 0.15) is 0 Å². The van der Waals surface area contributed by atoms with E-state index in [1.165, 1.54) is 0 Å². The summed E-state index contributed by atoms with van der Waals surface area (Å²) in [5.41, 5.74) is 7.55. The van der Waals surface area contributed by atoms with Gasteiger partial charge in [-0.2, -0.15) is 22.8 Å². The fourth-order valence-electron chi connectivity index (χ4n) is 3.19. The summed E-state index contributed by atoms with van der Waals surface area (Å²) >= 11 is 0. The van der Waals surface area contributed by atoms with Crippen LogP contribution in [0.4, 0.5) is 11.4 Å². The molecule has 0 saturated carbocycles. The van der Waals surface area contributed by atoms with Crippen LogP contribution < -0.4 is 26.8 Å². The molecule has 0 spiro atoms. The summed E-state index contributed by atoms with van der Waals surface area (Å²) in [6.45, 7) is 0. The predicted molar refractivity (Wildman–Crippen MR) is 114 cm³/mol. The van der Waals surface area contributed by atoms with Crippen LogP contribution in [-0.4, -0.2) is 56.2 Å². The maximum absolute atomic E-state index is 4.90. The van der Waals surface area contributed by atoms with E-state index in [-0.39, 0.29) is 35.5 Å². The van der Waals surface area contributed by atoms with Crippen LogP contribution in [0.5, 0.6) is 0 Å². The molecule has 0 aliphatic carbocycles. The fraction of sp³-hybridized carbons (Fsp3) is 0.182. The van der Waals surface area contributed by atoms with E-state index in [1.807, 2.05) is 12.1 Å². The molecule has 0 amide bonds. The summed E-state index contributed by atoms with van der Waals surface area (Å²) in [5.74, 6) is 0. The molecular formula is C22H22ClMgN4+. The second-order valence-corrected chi connectivity index (χ2v) is 6.84. The predicted octanol–water partition coefficient (Wildman–Crippen LogP) is 0.220. The molecule has 0 bridgehead atoms. The summed E-state index contributed by atoms with van der Waals surface area (Å²) in [4.78, 5) is 9.13. The molecule has 1 aromatic heterocycles. The Morgan fingerprint density at radius 1 is 0.750 bits per heavy atom. The van der Waals surface area contributed by atoms with Gasteiger partial charge in [-0.25, -0.2) is 4.98 Å². The number of hydrogen-bond donors (Lipinski definition) is 0. The Bertz CT molecular complexity index is 1030. The van der Waals surface area contributed by atoms with E-state index >= 15 is 0 Å². The molecule has 138 valence electrons. The number of halogens is 1. The van der Waals surface area contributed by atoms with E-state index < -0.39 is 0 Å². The zero-order chi connectivity index (χ0) is 18.3. The van der Waals surface area contributed by atoms with Crippen molar-refractivity contribution in [3.63, 3.8) is 0 Å². The minimum Gasteiger partial charge on any atom is -1.00 e. The number of fused-ring (bicyclic) bond motifs is 2. The van der Waals surface area contributed by atoms with Crippen molar-refractivity contribution < 1.29 is 17.0 Å². The Morgan fingerprint density at radius 3 is 1.64 bits per heavy atom. The van der Waals surface area contributed by atoms with Gasteiger partial charge in [0.05, 0.1) is 0 Å². The molecule has 0 fully saturated rings. The minimum absolute atomic E-state index is 0. The number of hydrogen-bond acceptors (Lipinski definition) is 3. The first-order valence-electron chi connectivity index (χ1n) is 8.65. The largest absolute Gasteiger partial charge is 2.00 e. The summed E-state index contributed by atoms with van der Waals surface area (Å²) in [5, 5.41) is 0. The van der Waals surface area contributed by atoms with E-state index in [4.69, 9.17) is 4.98 Å². The van der Waals surface area contributed by atoms with Gasteiger partial charge in [0, 0.05) is 51.7 Å². The molecule has 0 saturated heterocycles. The zero-order valence-corrected chi connectivity index (χ0v) is 18.8. The van der Waals surface area contributed by atoms with Crippen molar-refractivity contribution in [2.24, 2.45) is 0 Å². The first kappa shape index (κ1) is 22.2. The van der Waals surface area contributed by atoms with E-state index in [2.05, 4.69) is 97.2 Å². The minimum atomic E-state index is 0. The monoisotopic (exact) mass is 401 g/mol. The molecule has 0 aliphatic heterocycles. The van der Waals surface area contributed by atoms with Crippen LogP contribution in [0.25, 0.3) is 27.8 Å². The normalized spacial score (nSPS) is 10.3. The quantitative estimate of drug-likeness (QED) is 0.212. The Labute approximate surface area is 188 Å². The van der Waals surface area contributed by atoms with Gasteiger partial charge in [0.25, 0.3) is 0 Å². The van der Waals surface area contributed by atoms with Crippen molar-refractivity contribution in [1.29, 1.82) is 0 Å². The van der Waals surface area contributed by atoms with Crippen LogP contribution in [0.2, 0.25) is 0 Å². The third-order valence-corrected chi connectivity index (χ3v) is 4.63. The number of anilines is 2. The smallest absolute Gasteiger partial charge is 1.00 e. The molecule has 4 rings (SSSR count). The van der Waals surface area contributed by atoms with E-state index in [9.17, 15) is 0 Å². The van der Waals surface area contributed by atoms with E-state index in [1.54, 1.807) is 0 Å². The van der Waals surface area contributed by atoms with Crippen molar-refractivity contribution in [2.45, 2.75) is 0 Å². The number of aromatic nitrogens is 2. The molecule has 4 nitrogen and oxygen atoms in total. The maximum Gasteiger partial charge on any atom is 2.00 e. The first-order chi connectivity index (χ1) is 12.5. The molecule has 3 aromatic carbocycles. The van der Waals surface area contributed by atoms with E-state index in [0.717, 1.165) is 39.1 Å². The van der Waals surface area contributed by atoms with E-state index in [0.29, 0.717) is 0 Å². The number of rotatable bonds is 3. The van der Waals surface area contributed by atoms with Crippen molar-refractivity contribution in [3.05, 3.63) is 66.7 Å². The van der Waals surface area contributed by atoms with Gasteiger partial charge in [-0.05, 0) is 24.3 Å². The van der Waals surface area contributed by atoms with Crippen molar-refractivity contribution in [3.8, 4) is 5.69 Å². The average Bonchev–Trinajstić information content (AvgIpc) is 2.65. The Morgan fingerprint density at radius 2 is 1.21 bits per heavy atom. The topological polar surface area (TPSA) is 23.3 Å². The Hall–Kier alpha value is -2.08. The van der Waals surface area contributed by atoms with Gasteiger partial charge in [-0.3, -0.25) is 0 Å². The van der Waals surface area contributed by atoms with Crippen molar-refractivity contribution >= 4 is 56.5 Å². The third kappa shape index (κ3) is 4.02. The van der Waals surface area contributed by atoms with Gasteiger partial charge in [-0.1, -0.05) is 12.1 Å². The summed E-state index contributed by atoms with van der Waals surface area (Å²) < 4.78 is 2.28. The third-order valence-electron chi connectivity index (χ3n) is 4.63. The fourth-order valence-corrected chi connectivity index (χ4v) is 3.19. The van der Waals surface area contributed by atoms with Crippen LogP contribution in [0, 0.1) is 6.07 Å². The number of benzene rings is 3. The standard InChI is InChI=1S/C22H22N4.ClH.Mg/c1-24(2)17-10-12-19-21(14-17)26(16-8-6-5-7-9-16)22-15-18(25(3)4)11-13-20(22)23-19;;/h6-15H,1-4H3;1H;/q;;+2/p-1. The first-order valence-corrected chi connectivity index (χ1v) is 8.65. The van der Waals surface area contributed by atoms with Gasteiger partial charge in [0.1, 0.15) is 16.7 Å². The second kappa shape index (κ2) is 8.94. The molecule has 0 aliphatic rings. The molecule has 0 N–H and O–H groups in total. The molecular weight excluding hydrogens is 380 g/mol. The summed E-state index contributed by atoms with van der Waals surface area (Å²) in [6, 6.07) is 24.0. The summed E-state index contributed by atoms with van der Waals surface area (Å²) in [6.07, 6.45) is 0. The van der Waals surface area contributed by atoms with Crippen LogP contribution >= 0.6 is 0 Å². The van der Waals surface area contributed by atoms with Gasteiger partial charge in [0.2, 0.25) is 11.0 Å². The molecule has 0 atom stereocenters. The second-order valence-electron chi connectivity index (χ2n) is 6.84. The van der Waals surface area contributed by atoms with Gasteiger partial charge >= 0.3 is 23.1 Å². The Kier molecular flexibility index (Phi) is 7.09. The van der Waals surface area contributed by atoms with Crippen molar-refractivity contribution in [2.75, 3.05) is 38.0 Å². The van der Waals surface area contributed by atoms with Crippen LogP contribution in [0.3, 0.4) is 0 Å². The SMILES string of the molecule is CN(C)c1ccc2nc3ccc(N(C)C)cc3[n+](-c3cc[c-]cc3)c2c1.[Cl-].[Mg+2]. The van der Waals surface area contributed by atoms with Crippen molar-refractivity contribution in [1.82, 2.24) is 4.98 Å². The zero-order valence-electron chi connectivity index (χ0n) is 16.6.